The molecule has 0 saturated carbocycles. The van der Waals surface area contributed by atoms with Crippen molar-refractivity contribution in [2.45, 2.75) is 27.7 Å². The average Bonchev–Trinajstić information content (AvgIpc) is 2.71. The first kappa shape index (κ1) is 21.8. The minimum Gasteiger partial charge on any atom is -0.493 e. The maximum absolute atomic E-state index is 11.9. The molecule has 2 rings (SSSR count). The zero-order chi connectivity index (χ0) is 20.5. The van der Waals surface area contributed by atoms with E-state index >= 15 is 0 Å². The molecule has 0 aliphatic rings. The first-order valence-electron chi connectivity index (χ1n) is 9.85. The number of hydrogen-bond acceptors (Lipinski definition) is 5. The van der Waals surface area contributed by atoms with Crippen LogP contribution in [-0.4, -0.2) is 51.1 Å². The number of aldehydes is 1. The zero-order valence-electron chi connectivity index (χ0n) is 17.6. The topological polar surface area (TPSA) is 48.0 Å². The van der Waals surface area contributed by atoms with Gasteiger partial charge >= 0.3 is 0 Å². The van der Waals surface area contributed by atoms with E-state index in [-0.39, 0.29) is 0 Å². The SMILES string of the molecule is CCOc1ccccc1-c1c(C=O)cc(C)c(OC)c1OCCN(CC)CC. The number of benzene rings is 2. The highest BCUT2D eigenvalue weighted by Gasteiger charge is 2.22. The van der Waals surface area contributed by atoms with Gasteiger partial charge in [-0.15, -0.1) is 0 Å². The number of rotatable bonds is 11. The van der Waals surface area contributed by atoms with Crippen molar-refractivity contribution < 1.29 is 19.0 Å². The van der Waals surface area contributed by atoms with Gasteiger partial charge in [-0.05, 0) is 44.6 Å². The molecule has 0 N–H and O–H groups in total. The number of para-hydroxylation sites is 1. The van der Waals surface area contributed by atoms with Crippen molar-refractivity contribution in [1.29, 1.82) is 0 Å². The summed E-state index contributed by atoms with van der Waals surface area (Å²) in [6.45, 7) is 11.9. The van der Waals surface area contributed by atoms with Crippen LogP contribution >= 0.6 is 0 Å². The monoisotopic (exact) mass is 385 g/mol. The van der Waals surface area contributed by atoms with E-state index in [1.807, 2.05) is 44.2 Å². The highest BCUT2D eigenvalue weighted by atomic mass is 16.5. The second kappa shape index (κ2) is 10.7. The molecule has 0 heterocycles. The maximum atomic E-state index is 11.9. The fourth-order valence-electron chi connectivity index (χ4n) is 3.33. The summed E-state index contributed by atoms with van der Waals surface area (Å²) < 4.78 is 17.7. The molecule has 0 spiro atoms. The Morgan fingerprint density at radius 2 is 1.75 bits per heavy atom. The van der Waals surface area contributed by atoms with Gasteiger partial charge in [0, 0.05) is 23.2 Å². The molecule has 2 aromatic carbocycles. The summed E-state index contributed by atoms with van der Waals surface area (Å²) in [5.41, 5.74) is 2.95. The van der Waals surface area contributed by atoms with Gasteiger partial charge in [0.15, 0.2) is 17.8 Å². The number of aryl methyl sites for hydroxylation is 1. The lowest BCUT2D eigenvalue weighted by molar-refractivity contribution is 0.112. The fourth-order valence-corrected chi connectivity index (χ4v) is 3.33. The summed E-state index contributed by atoms with van der Waals surface area (Å²) in [6.07, 6.45) is 0.863. The predicted octanol–water partition coefficient (Wildman–Crippen LogP) is 4.60. The number of nitrogens with zero attached hydrogens (tertiary/aromatic N) is 1. The molecule has 0 saturated heterocycles. The van der Waals surface area contributed by atoms with Crippen LogP contribution in [0.1, 0.15) is 36.7 Å². The van der Waals surface area contributed by atoms with Crippen LogP contribution in [0.3, 0.4) is 0 Å². The van der Waals surface area contributed by atoms with E-state index in [1.54, 1.807) is 7.11 Å². The highest BCUT2D eigenvalue weighted by molar-refractivity contribution is 5.94. The van der Waals surface area contributed by atoms with Gasteiger partial charge in [0.2, 0.25) is 0 Å². The van der Waals surface area contributed by atoms with Crippen LogP contribution < -0.4 is 14.2 Å². The Labute approximate surface area is 168 Å². The Hall–Kier alpha value is -2.53. The first-order chi connectivity index (χ1) is 13.6. The van der Waals surface area contributed by atoms with Crippen LogP contribution in [0.25, 0.3) is 11.1 Å². The lowest BCUT2D eigenvalue weighted by atomic mass is 9.95. The average molecular weight is 386 g/mol. The van der Waals surface area contributed by atoms with Crippen molar-refractivity contribution in [3.05, 3.63) is 41.5 Å². The van der Waals surface area contributed by atoms with E-state index < -0.39 is 0 Å². The number of carbonyl (C=O) groups is 1. The van der Waals surface area contributed by atoms with E-state index in [0.29, 0.717) is 41.6 Å². The largest absolute Gasteiger partial charge is 0.493 e. The predicted molar refractivity (Wildman–Crippen MR) is 113 cm³/mol. The van der Waals surface area contributed by atoms with Crippen LogP contribution in [0.5, 0.6) is 17.2 Å². The highest BCUT2D eigenvalue weighted by Crippen LogP contribution is 2.45. The van der Waals surface area contributed by atoms with Gasteiger partial charge in [0.05, 0.1) is 13.7 Å². The second-order valence-electron chi connectivity index (χ2n) is 6.44. The molecule has 28 heavy (non-hydrogen) atoms. The lowest BCUT2D eigenvalue weighted by Gasteiger charge is -2.22. The summed E-state index contributed by atoms with van der Waals surface area (Å²) in [5, 5.41) is 0. The molecule has 2 aromatic rings. The van der Waals surface area contributed by atoms with Crippen LogP contribution in [0.2, 0.25) is 0 Å². The number of carbonyl (C=O) groups excluding carboxylic acids is 1. The van der Waals surface area contributed by atoms with Crippen molar-refractivity contribution in [1.82, 2.24) is 4.90 Å². The Bertz CT molecular complexity index is 784. The smallest absolute Gasteiger partial charge is 0.170 e. The number of hydrogen-bond donors (Lipinski definition) is 0. The Morgan fingerprint density at radius 3 is 2.36 bits per heavy atom. The molecule has 152 valence electrons. The Morgan fingerprint density at radius 1 is 1.04 bits per heavy atom. The molecule has 0 fully saturated rings. The molecule has 0 aliphatic heterocycles. The summed E-state index contributed by atoms with van der Waals surface area (Å²) >= 11 is 0. The third-order valence-electron chi connectivity index (χ3n) is 4.79. The van der Waals surface area contributed by atoms with Crippen molar-refractivity contribution in [3.63, 3.8) is 0 Å². The molecule has 0 aromatic heterocycles. The van der Waals surface area contributed by atoms with Crippen molar-refractivity contribution in [3.8, 4) is 28.4 Å². The van der Waals surface area contributed by atoms with E-state index in [9.17, 15) is 4.79 Å². The molecule has 0 aliphatic carbocycles. The van der Waals surface area contributed by atoms with Gasteiger partial charge in [-0.25, -0.2) is 0 Å². The third kappa shape index (κ3) is 4.84. The van der Waals surface area contributed by atoms with Crippen LogP contribution in [0, 0.1) is 6.92 Å². The van der Waals surface area contributed by atoms with Crippen molar-refractivity contribution in [2.75, 3.05) is 40.0 Å². The van der Waals surface area contributed by atoms with Gasteiger partial charge in [0.1, 0.15) is 12.4 Å². The molecular formula is C23H31NO4. The molecule has 0 radical (unpaired) electrons. The van der Waals surface area contributed by atoms with E-state index in [4.69, 9.17) is 14.2 Å². The molecule has 5 heteroatoms. The lowest BCUT2D eigenvalue weighted by Crippen LogP contribution is -2.28. The molecular weight excluding hydrogens is 354 g/mol. The van der Waals surface area contributed by atoms with Gasteiger partial charge in [0.25, 0.3) is 0 Å². The number of methoxy groups -OCH3 is 1. The quantitative estimate of drug-likeness (QED) is 0.529. The number of likely N-dealkylation sites (N-methyl/N-ethyl adjacent to an activating group) is 1. The molecule has 5 nitrogen and oxygen atoms in total. The number of ether oxygens (including phenoxy) is 3. The summed E-state index contributed by atoms with van der Waals surface area (Å²) in [7, 11) is 1.62. The zero-order valence-corrected chi connectivity index (χ0v) is 17.6. The minimum atomic E-state index is 0.504. The van der Waals surface area contributed by atoms with Crippen LogP contribution in [0.15, 0.2) is 30.3 Å². The van der Waals surface area contributed by atoms with Crippen LogP contribution in [-0.2, 0) is 0 Å². The van der Waals surface area contributed by atoms with Gasteiger partial charge < -0.3 is 19.1 Å². The molecule has 0 atom stereocenters. The van der Waals surface area contributed by atoms with E-state index in [0.717, 1.165) is 37.0 Å². The Balaban J connectivity index is 2.58. The minimum absolute atomic E-state index is 0.504. The third-order valence-corrected chi connectivity index (χ3v) is 4.79. The van der Waals surface area contributed by atoms with E-state index in [2.05, 4.69) is 18.7 Å². The van der Waals surface area contributed by atoms with Crippen LogP contribution in [0.4, 0.5) is 0 Å². The second-order valence-corrected chi connectivity index (χ2v) is 6.44. The van der Waals surface area contributed by atoms with E-state index in [1.165, 1.54) is 0 Å². The van der Waals surface area contributed by atoms with Crippen molar-refractivity contribution >= 4 is 6.29 Å². The molecule has 0 unspecified atom stereocenters. The fraction of sp³-hybridized carbons (Fsp3) is 0.435. The van der Waals surface area contributed by atoms with Crippen molar-refractivity contribution in [2.24, 2.45) is 0 Å². The Kier molecular flexibility index (Phi) is 8.33. The molecule has 0 amide bonds. The summed E-state index contributed by atoms with van der Waals surface area (Å²) in [6, 6.07) is 9.53. The molecule has 0 bridgehead atoms. The first-order valence-corrected chi connectivity index (χ1v) is 9.85. The van der Waals surface area contributed by atoms with Gasteiger partial charge in [-0.2, -0.15) is 0 Å². The standard InChI is InChI=1S/C23H31NO4/c1-6-24(7-2)13-14-28-23-21(18(16-25)15-17(4)22(23)26-5)19-11-9-10-12-20(19)27-8-3/h9-12,15-16H,6-8,13-14H2,1-5H3. The van der Waals surface area contributed by atoms with Gasteiger partial charge in [-0.3, -0.25) is 4.79 Å². The maximum Gasteiger partial charge on any atom is 0.170 e. The summed E-state index contributed by atoms with van der Waals surface area (Å²) in [5.74, 6) is 1.95. The summed E-state index contributed by atoms with van der Waals surface area (Å²) in [4.78, 5) is 14.2. The normalized spacial score (nSPS) is 10.8. The van der Waals surface area contributed by atoms with Gasteiger partial charge in [-0.1, -0.05) is 32.0 Å².